The fourth-order valence-corrected chi connectivity index (χ4v) is 3.24. The lowest BCUT2D eigenvalue weighted by atomic mass is 10.1. The smallest absolute Gasteiger partial charge is 0.242 e. The number of rotatable bonds is 10. The van der Waals surface area contributed by atoms with E-state index in [1.807, 2.05) is 45.0 Å². The number of carbonyl (C=O) groups excluding carboxylic acids is 2. The molecule has 0 saturated heterocycles. The van der Waals surface area contributed by atoms with Crippen molar-refractivity contribution in [3.63, 3.8) is 0 Å². The van der Waals surface area contributed by atoms with Crippen molar-refractivity contribution >= 4 is 23.4 Å². The largest absolute Gasteiger partial charge is 0.497 e. The van der Waals surface area contributed by atoms with Gasteiger partial charge in [-0.1, -0.05) is 23.7 Å². The average molecular weight is 461 g/mol. The normalized spacial score (nSPS) is 12.1. The van der Waals surface area contributed by atoms with E-state index in [1.54, 1.807) is 43.2 Å². The predicted octanol–water partition coefficient (Wildman–Crippen LogP) is 4.84. The Balaban J connectivity index is 2.05. The second kappa shape index (κ2) is 11.8. The molecule has 7 heteroatoms. The van der Waals surface area contributed by atoms with Gasteiger partial charge in [0, 0.05) is 23.5 Å². The van der Waals surface area contributed by atoms with Crippen LogP contribution in [0.5, 0.6) is 11.5 Å². The number of nitrogens with one attached hydrogen (secondary N) is 1. The summed E-state index contributed by atoms with van der Waals surface area (Å²) in [6.45, 7) is 8.21. The van der Waals surface area contributed by atoms with Crippen LogP contribution >= 0.6 is 11.6 Å². The Morgan fingerprint density at radius 1 is 1.09 bits per heavy atom. The van der Waals surface area contributed by atoms with Crippen molar-refractivity contribution in [3.05, 3.63) is 59.1 Å². The number of methoxy groups -OCH3 is 1. The van der Waals surface area contributed by atoms with Crippen molar-refractivity contribution in [1.82, 2.24) is 10.2 Å². The molecule has 2 aromatic rings. The summed E-state index contributed by atoms with van der Waals surface area (Å²) < 4.78 is 11.0. The molecule has 1 N–H and O–H groups in total. The van der Waals surface area contributed by atoms with Gasteiger partial charge in [0.2, 0.25) is 11.8 Å². The monoisotopic (exact) mass is 460 g/mol. The predicted molar refractivity (Wildman–Crippen MR) is 127 cm³/mol. The molecule has 32 heavy (non-hydrogen) atoms. The van der Waals surface area contributed by atoms with Crippen molar-refractivity contribution in [2.75, 3.05) is 13.7 Å². The van der Waals surface area contributed by atoms with Crippen molar-refractivity contribution < 1.29 is 19.1 Å². The third-order valence-corrected chi connectivity index (χ3v) is 5.02. The summed E-state index contributed by atoms with van der Waals surface area (Å²) in [7, 11) is 1.60. The molecule has 2 amide bonds. The summed E-state index contributed by atoms with van der Waals surface area (Å²) >= 11 is 5.88. The topological polar surface area (TPSA) is 67.9 Å². The maximum Gasteiger partial charge on any atom is 0.242 e. The molecule has 0 fully saturated rings. The number of amides is 2. The van der Waals surface area contributed by atoms with Gasteiger partial charge in [-0.15, -0.1) is 0 Å². The summed E-state index contributed by atoms with van der Waals surface area (Å²) in [6, 6.07) is 14.0. The van der Waals surface area contributed by atoms with Crippen LogP contribution in [0.3, 0.4) is 0 Å². The van der Waals surface area contributed by atoms with Crippen LogP contribution in [-0.2, 0) is 16.1 Å². The van der Waals surface area contributed by atoms with Gasteiger partial charge in [0.25, 0.3) is 0 Å². The minimum atomic E-state index is -0.620. The van der Waals surface area contributed by atoms with Gasteiger partial charge in [0.05, 0.1) is 13.7 Å². The molecule has 0 heterocycles. The first kappa shape index (κ1) is 25.5. The van der Waals surface area contributed by atoms with Crippen LogP contribution in [0, 0.1) is 0 Å². The Labute approximate surface area is 195 Å². The number of benzene rings is 2. The third-order valence-electron chi connectivity index (χ3n) is 4.77. The molecule has 0 spiro atoms. The molecule has 174 valence electrons. The molecular formula is C25H33ClN2O4. The first-order valence-electron chi connectivity index (χ1n) is 10.7. The van der Waals surface area contributed by atoms with Gasteiger partial charge in [0.15, 0.2) is 0 Å². The van der Waals surface area contributed by atoms with E-state index in [-0.39, 0.29) is 23.8 Å². The summed E-state index contributed by atoms with van der Waals surface area (Å²) in [5.74, 6) is 1.11. The molecule has 6 nitrogen and oxygen atoms in total. The molecule has 0 aliphatic heterocycles. The van der Waals surface area contributed by atoms with Gasteiger partial charge in [0.1, 0.15) is 17.5 Å². The number of halogens is 1. The van der Waals surface area contributed by atoms with Gasteiger partial charge in [-0.05, 0) is 76.1 Å². The van der Waals surface area contributed by atoms with Crippen LogP contribution in [0.25, 0.3) is 0 Å². The van der Waals surface area contributed by atoms with Crippen LogP contribution in [0.1, 0.15) is 46.1 Å². The van der Waals surface area contributed by atoms with Crippen molar-refractivity contribution in [2.45, 2.75) is 58.7 Å². The van der Waals surface area contributed by atoms with Crippen LogP contribution in [-0.4, -0.2) is 42.0 Å². The van der Waals surface area contributed by atoms with Gasteiger partial charge in [-0.2, -0.15) is 0 Å². The van der Waals surface area contributed by atoms with Crippen LogP contribution < -0.4 is 14.8 Å². The van der Waals surface area contributed by atoms with E-state index < -0.39 is 6.04 Å². The minimum absolute atomic E-state index is 0.107. The van der Waals surface area contributed by atoms with Gasteiger partial charge >= 0.3 is 0 Å². The molecule has 0 aromatic heterocycles. The molecular weight excluding hydrogens is 428 g/mol. The standard InChI is InChI=1S/C25H33ClN2O4/c1-18(24(30)27-25(2,3)4)28(17-19-8-6-9-22(16-19)31-5)23(29)10-7-15-32-21-13-11-20(26)12-14-21/h6,8-9,11-14,16,18H,7,10,15,17H2,1-5H3,(H,27,30)/t18-/m0/s1. The van der Waals surface area contributed by atoms with Gasteiger partial charge in [-0.25, -0.2) is 0 Å². The highest BCUT2D eigenvalue weighted by Crippen LogP contribution is 2.18. The zero-order valence-electron chi connectivity index (χ0n) is 19.5. The lowest BCUT2D eigenvalue weighted by molar-refractivity contribution is -0.141. The van der Waals surface area contributed by atoms with E-state index in [9.17, 15) is 9.59 Å². The van der Waals surface area contributed by atoms with Gasteiger partial charge < -0.3 is 19.7 Å². The number of carbonyl (C=O) groups is 2. The van der Waals surface area contributed by atoms with E-state index in [0.717, 1.165) is 5.56 Å². The highest BCUT2D eigenvalue weighted by atomic mass is 35.5. The average Bonchev–Trinajstić information content (AvgIpc) is 2.74. The first-order chi connectivity index (χ1) is 15.1. The second-order valence-electron chi connectivity index (χ2n) is 8.69. The quantitative estimate of drug-likeness (QED) is 0.515. The first-order valence-corrected chi connectivity index (χ1v) is 11.1. The van der Waals surface area contributed by atoms with Crippen molar-refractivity contribution in [3.8, 4) is 11.5 Å². The summed E-state index contributed by atoms with van der Waals surface area (Å²) in [6.07, 6.45) is 0.800. The van der Waals surface area contributed by atoms with E-state index in [0.29, 0.717) is 36.1 Å². The maximum atomic E-state index is 13.1. The van der Waals surface area contributed by atoms with Crippen LogP contribution in [0.2, 0.25) is 5.02 Å². The Bertz CT molecular complexity index is 894. The molecule has 2 rings (SSSR count). The summed E-state index contributed by atoms with van der Waals surface area (Å²) in [5.41, 5.74) is 0.508. The molecule has 2 aromatic carbocycles. The Kier molecular flexibility index (Phi) is 9.39. The molecule has 0 aliphatic carbocycles. The lowest BCUT2D eigenvalue weighted by Crippen LogP contribution is -2.52. The molecule has 0 saturated carbocycles. The molecule has 0 unspecified atom stereocenters. The van der Waals surface area contributed by atoms with E-state index in [4.69, 9.17) is 21.1 Å². The van der Waals surface area contributed by atoms with E-state index in [1.165, 1.54) is 0 Å². The Morgan fingerprint density at radius 3 is 2.41 bits per heavy atom. The highest BCUT2D eigenvalue weighted by Gasteiger charge is 2.28. The van der Waals surface area contributed by atoms with E-state index in [2.05, 4.69) is 5.32 Å². The molecule has 0 bridgehead atoms. The molecule has 0 aliphatic rings. The Hall–Kier alpha value is -2.73. The van der Waals surface area contributed by atoms with Crippen LogP contribution in [0.15, 0.2) is 48.5 Å². The number of ether oxygens (including phenoxy) is 2. The zero-order chi connectivity index (χ0) is 23.7. The molecule has 0 radical (unpaired) electrons. The number of nitrogens with zero attached hydrogens (tertiary/aromatic N) is 1. The SMILES string of the molecule is COc1cccc(CN(C(=O)CCCOc2ccc(Cl)cc2)[C@@H](C)C(=O)NC(C)(C)C)c1. The van der Waals surface area contributed by atoms with Crippen molar-refractivity contribution in [2.24, 2.45) is 0 Å². The fraction of sp³-hybridized carbons (Fsp3) is 0.440. The van der Waals surface area contributed by atoms with Crippen molar-refractivity contribution in [1.29, 1.82) is 0 Å². The summed E-state index contributed by atoms with van der Waals surface area (Å²) in [4.78, 5) is 27.5. The number of hydrogen-bond donors (Lipinski definition) is 1. The minimum Gasteiger partial charge on any atom is -0.497 e. The fourth-order valence-electron chi connectivity index (χ4n) is 3.11. The molecule has 1 atom stereocenters. The highest BCUT2D eigenvalue weighted by molar-refractivity contribution is 6.30. The van der Waals surface area contributed by atoms with Gasteiger partial charge in [-0.3, -0.25) is 9.59 Å². The summed E-state index contributed by atoms with van der Waals surface area (Å²) in [5, 5.41) is 3.60. The lowest BCUT2D eigenvalue weighted by Gasteiger charge is -2.31. The zero-order valence-corrected chi connectivity index (χ0v) is 20.2. The number of hydrogen-bond acceptors (Lipinski definition) is 4. The van der Waals surface area contributed by atoms with E-state index >= 15 is 0 Å². The second-order valence-corrected chi connectivity index (χ2v) is 9.13. The maximum absolute atomic E-state index is 13.1. The Morgan fingerprint density at radius 2 is 1.78 bits per heavy atom. The van der Waals surface area contributed by atoms with Crippen LogP contribution in [0.4, 0.5) is 0 Å². The third kappa shape index (κ3) is 8.42.